The number of rotatable bonds is 5. The van der Waals surface area contributed by atoms with Gasteiger partial charge in [-0.3, -0.25) is 4.57 Å². The number of fused-ring (bicyclic) bond motifs is 2. The van der Waals surface area contributed by atoms with Gasteiger partial charge in [0.05, 0.1) is 17.3 Å². The lowest BCUT2D eigenvalue weighted by atomic mass is 9.83. The number of nitrogen functional groups attached to an aromatic ring is 1. The van der Waals surface area contributed by atoms with Crippen LogP contribution in [0.25, 0.3) is 34.1 Å². The Hall–Kier alpha value is -4.86. The summed E-state index contributed by atoms with van der Waals surface area (Å²) in [5.74, 6) is 2.43. The van der Waals surface area contributed by atoms with E-state index < -0.39 is 0 Å². The molecule has 39 heavy (non-hydrogen) atoms. The summed E-state index contributed by atoms with van der Waals surface area (Å²) in [5.41, 5.74) is 13.3. The summed E-state index contributed by atoms with van der Waals surface area (Å²) in [4.78, 5) is 14.3. The van der Waals surface area contributed by atoms with E-state index in [-0.39, 0.29) is 6.04 Å². The number of hydrogen-bond donors (Lipinski definition) is 1. The van der Waals surface area contributed by atoms with Gasteiger partial charge in [0.15, 0.2) is 17.3 Å². The van der Waals surface area contributed by atoms with Crippen LogP contribution in [0.3, 0.4) is 0 Å². The molecular formula is C29H26N10. The lowest BCUT2D eigenvalue weighted by Crippen LogP contribution is -2.10. The van der Waals surface area contributed by atoms with Gasteiger partial charge < -0.3 is 5.73 Å². The second kappa shape index (κ2) is 8.59. The van der Waals surface area contributed by atoms with Crippen LogP contribution >= 0.6 is 0 Å². The number of nitrogens with two attached hydrogens (primary N) is 1. The molecule has 0 amide bonds. The number of pyridine rings is 2. The third-order valence-electron chi connectivity index (χ3n) is 8.11. The Labute approximate surface area is 224 Å². The van der Waals surface area contributed by atoms with E-state index in [0.717, 1.165) is 41.0 Å². The quantitative estimate of drug-likeness (QED) is 0.356. The van der Waals surface area contributed by atoms with Crippen molar-refractivity contribution in [2.45, 2.75) is 44.1 Å². The fraction of sp³-hybridized carbons (Fsp3) is 0.241. The zero-order valence-electron chi connectivity index (χ0n) is 21.2. The molecule has 1 fully saturated rings. The van der Waals surface area contributed by atoms with E-state index in [9.17, 15) is 0 Å². The molecule has 0 aliphatic heterocycles. The van der Waals surface area contributed by atoms with Gasteiger partial charge in [0.1, 0.15) is 11.3 Å². The topological polar surface area (TPSA) is 118 Å². The van der Waals surface area contributed by atoms with E-state index in [1.165, 1.54) is 30.4 Å². The lowest BCUT2D eigenvalue weighted by Gasteiger charge is -2.22. The second-order valence-electron chi connectivity index (χ2n) is 10.4. The first kappa shape index (κ1) is 22.2. The van der Waals surface area contributed by atoms with Crippen LogP contribution in [0.2, 0.25) is 0 Å². The van der Waals surface area contributed by atoms with Crippen LogP contribution in [0.15, 0.2) is 73.3 Å². The number of aryl methyl sites for hydroxylation is 1. The number of nitrogens with zero attached hydrogens (tertiary/aromatic N) is 9. The van der Waals surface area contributed by atoms with E-state index in [1.54, 1.807) is 17.1 Å². The van der Waals surface area contributed by atoms with E-state index in [0.29, 0.717) is 23.4 Å². The number of benzene rings is 1. The second-order valence-corrected chi connectivity index (χ2v) is 10.4. The van der Waals surface area contributed by atoms with E-state index in [4.69, 9.17) is 15.7 Å². The molecule has 10 heteroatoms. The standard InChI is InChI=1S/C29H26N10/c30-27-22(6-2-13-31-27)28-33-23-10-12-26(37-15-3-14-32-37)34-29(23)39(28)20-8-9-21-19(16-20)7-11-25(21)38-17-24(35-36-38)18-4-1-5-18/h2-3,6,8-10,12-18,25H,1,4-5,7,11H2,(H2,30,31)/t25-/m0/s1. The molecule has 0 unspecified atom stereocenters. The fourth-order valence-corrected chi connectivity index (χ4v) is 5.84. The third-order valence-corrected chi connectivity index (χ3v) is 8.11. The van der Waals surface area contributed by atoms with Crippen molar-refractivity contribution < 1.29 is 0 Å². The Balaban J connectivity index is 1.25. The first-order valence-electron chi connectivity index (χ1n) is 13.4. The first-order chi connectivity index (χ1) is 19.2. The van der Waals surface area contributed by atoms with Crippen molar-refractivity contribution in [1.29, 1.82) is 0 Å². The highest BCUT2D eigenvalue weighted by Gasteiger charge is 2.29. The Morgan fingerprint density at radius 2 is 1.90 bits per heavy atom. The van der Waals surface area contributed by atoms with Crippen molar-refractivity contribution in [2.24, 2.45) is 0 Å². The average Bonchev–Trinajstić information content (AvgIpc) is 3.73. The van der Waals surface area contributed by atoms with Gasteiger partial charge in [0.25, 0.3) is 0 Å². The van der Waals surface area contributed by atoms with Gasteiger partial charge in [-0.2, -0.15) is 5.10 Å². The lowest BCUT2D eigenvalue weighted by molar-refractivity contribution is 0.410. The van der Waals surface area contributed by atoms with Crippen LogP contribution in [-0.4, -0.2) is 44.3 Å². The number of hydrogen-bond acceptors (Lipinski definition) is 7. The molecule has 192 valence electrons. The SMILES string of the molecule is Nc1ncccc1-c1nc2ccc(-n3cccn3)nc2n1-c1ccc2c(c1)CC[C@@H]2n1cc(C2CCC2)nn1. The van der Waals surface area contributed by atoms with E-state index >= 15 is 0 Å². The molecule has 5 aromatic heterocycles. The maximum atomic E-state index is 6.32. The van der Waals surface area contributed by atoms with Crippen LogP contribution in [0, 0.1) is 0 Å². The summed E-state index contributed by atoms with van der Waals surface area (Å²) in [6, 6.07) is 16.4. The minimum absolute atomic E-state index is 0.202. The zero-order valence-corrected chi connectivity index (χ0v) is 21.2. The smallest absolute Gasteiger partial charge is 0.167 e. The molecular weight excluding hydrogens is 488 g/mol. The van der Waals surface area contributed by atoms with Gasteiger partial charge >= 0.3 is 0 Å². The van der Waals surface area contributed by atoms with Crippen molar-refractivity contribution in [1.82, 2.24) is 44.3 Å². The minimum Gasteiger partial charge on any atom is -0.383 e. The van der Waals surface area contributed by atoms with Crippen molar-refractivity contribution in [3.05, 3.63) is 90.1 Å². The van der Waals surface area contributed by atoms with Gasteiger partial charge in [-0.15, -0.1) is 5.10 Å². The van der Waals surface area contributed by atoms with Gasteiger partial charge in [0.2, 0.25) is 0 Å². The molecule has 1 aromatic carbocycles. The molecule has 2 aliphatic carbocycles. The summed E-state index contributed by atoms with van der Waals surface area (Å²) >= 11 is 0. The highest BCUT2D eigenvalue weighted by Crippen LogP contribution is 2.39. The molecule has 0 bridgehead atoms. The highest BCUT2D eigenvalue weighted by molar-refractivity contribution is 5.83. The summed E-state index contributed by atoms with van der Waals surface area (Å²) in [6.07, 6.45) is 13.2. The van der Waals surface area contributed by atoms with Gasteiger partial charge in [0, 0.05) is 36.4 Å². The minimum atomic E-state index is 0.202. The molecule has 2 aliphatic rings. The predicted molar refractivity (Wildman–Crippen MR) is 147 cm³/mol. The summed E-state index contributed by atoms with van der Waals surface area (Å²) in [6.45, 7) is 0. The normalized spacial score (nSPS) is 17.0. The molecule has 0 radical (unpaired) electrons. The van der Waals surface area contributed by atoms with Gasteiger partial charge in [-0.05, 0) is 79.3 Å². The van der Waals surface area contributed by atoms with E-state index in [2.05, 4.69) is 54.0 Å². The first-order valence-corrected chi connectivity index (χ1v) is 13.4. The van der Waals surface area contributed by atoms with Crippen LogP contribution in [0.4, 0.5) is 5.82 Å². The van der Waals surface area contributed by atoms with Crippen LogP contribution in [0.5, 0.6) is 0 Å². The Kier molecular flexibility index (Phi) is 4.88. The van der Waals surface area contributed by atoms with Gasteiger partial charge in [-0.1, -0.05) is 17.7 Å². The van der Waals surface area contributed by atoms with E-state index in [1.807, 2.05) is 36.5 Å². The van der Waals surface area contributed by atoms with Crippen LogP contribution in [-0.2, 0) is 6.42 Å². The number of anilines is 1. The molecule has 8 rings (SSSR count). The van der Waals surface area contributed by atoms with Crippen LogP contribution < -0.4 is 5.73 Å². The molecule has 2 N–H and O–H groups in total. The summed E-state index contributed by atoms with van der Waals surface area (Å²) in [5, 5.41) is 13.4. The maximum absolute atomic E-state index is 6.32. The Bertz CT molecular complexity index is 1830. The number of imidazole rings is 1. The summed E-state index contributed by atoms with van der Waals surface area (Å²) < 4.78 is 5.89. The van der Waals surface area contributed by atoms with Gasteiger partial charge in [-0.25, -0.2) is 24.3 Å². The van der Waals surface area contributed by atoms with Crippen molar-refractivity contribution in [3.8, 4) is 22.9 Å². The van der Waals surface area contributed by atoms with Crippen molar-refractivity contribution >= 4 is 17.0 Å². The zero-order chi connectivity index (χ0) is 25.9. The molecule has 6 aromatic rings. The third kappa shape index (κ3) is 3.55. The number of aromatic nitrogens is 9. The molecule has 10 nitrogen and oxygen atoms in total. The highest BCUT2D eigenvalue weighted by atomic mass is 15.4. The molecule has 0 spiro atoms. The Morgan fingerprint density at radius 1 is 0.949 bits per heavy atom. The molecule has 1 atom stereocenters. The molecule has 5 heterocycles. The van der Waals surface area contributed by atoms with Crippen LogP contribution in [0.1, 0.15) is 54.5 Å². The monoisotopic (exact) mass is 514 g/mol. The maximum Gasteiger partial charge on any atom is 0.167 e. The largest absolute Gasteiger partial charge is 0.383 e. The van der Waals surface area contributed by atoms with Crippen molar-refractivity contribution in [3.63, 3.8) is 0 Å². The fourth-order valence-electron chi connectivity index (χ4n) is 5.84. The predicted octanol–water partition coefficient (Wildman–Crippen LogP) is 4.65. The Morgan fingerprint density at radius 3 is 2.72 bits per heavy atom. The molecule has 1 saturated carbocycles. The average molecular weight is 515 g/mol. The van der Waals surface area contributed by atoms with Crippen molar-refractivity contribution in [2.75, 3.05) is 5.73 Å². The summed E-state index contributed by atoms with van der Waals surface area (Å²) in [7, 11) is 0. The molecule has 0 saturated heterocycles.